The Hall–Kier alpha value is -1.69. The molecular formula is C15H19F2NO3. The van der Waals surface area contributed by atoms with Crippen LogP contribution < -0.4 is 10.1 Å². The van der Waals surface area contributed by atoms with Crippen molar-refractivity contribution in [2.45, 2.75) is 38.4 Å². The van der Waals surface area contributed by atoms with Crippen molar-refractivity contribution < 1.29 is 23.0 Å². The fourth-order valence-electron chi connectivity index (χ4n) is 2.30. The Morgan fingerprint density at radius 3 is 3.00 bits per heavy atom. The van der Waals surface area contributed by atoms with Crippen LogP contribution in [0.4, 0.5) is 8.78 Å². The van der Waals surface area contributed by atoms with Gasteiger partial charge in [-0.25, -0.2) is 0 Å². The van der Waals surface area contributed by atoms with Crippen LogP contribution in [0.2, 0.25) is 0 Å². The summed E-state index contributed by atoms with van der Waals surface area (Å²) < 4.78 is 34.1. The van der Waals surface area contributed by atoms with Crippen LogP contribution in [0.5, 0.6) is 5.75 Å². The van der Waals surface area contributed by atoms with Gasteiger partial charge in [0.1, 0.15) is 5.75 Å². The quantitative estimate of drug-likeness (QED) is 0.878. The predicted molar refractivity (Wildman–Crippen MR) is 73.6 cm³/mol. The highest BCUT2D eigenvalue weighted by Crippen LogP contribution is 2.17. The minimum absolute atomic E-state index is 0.0201. The van der Waals surface area contributed by atoms with Gasteiger partial charge in [0.2, 0.25) is 0 Å². The average molecular weight is 299 g/mol. The number of benzene rings is 1. The Bertz CT molecular complexity index is 462. The van der Waals surface area contributed by atoms with Crippen molar-refractivity contribution in [3.8, 4) is 5.75 Å². The molecule has 6 heteroatoms. The van der Waals surface area contributed by atoms with Gasteiger partial charge in [-0.05, 0) is 43.9 Å². The molecule has 1 atom stereocenters. The summed E-state index contributed by atoms with van der Waals surface area (Å²) in [5, 5.41) is 2.76. The molecule has 1 aliphatic rings. The van der Waals surface area contributed by atoms with Gasteiger partial charge in [-0.3, -0.25) is 4.79 Å². The lowest BCUT2D eigenvalue weighted by Gasteiger charge is -2.22. The summed E-state index contributed by atoms with van der Waals surface area (Å²) in [7, 11) is 0. The molecule has 1 aromatic carbocycles. The minimum Gasteiger partial charge on any atom is -0.435 e. The molecule has 1 saturated heterocycles. The summed E-state index contributed by atoms with van der Waals surface area (Å²) in [6, 6.07) is 5.76. The summed E-state index contributed by atoms with van der Waals surface area (Å²) in [5.74, 6) is -0.321. The highest BCUT2D eigenvalue weighted by Gasteiger charge is 2.14. The smallest absolute Gasteiger partial charge is 0.387 e. The van der Waals surface area contributed by atoms with Crippen LogP contribution in [-0.4, -0.2) is 31.8 Å². The van der Waals surface area contributed by atoms with Crippen LogP contribution in [0.15, 0.2) is 24.3 Å². The summed E-state index contributed by atoms with van der Waals surface area (Å²) in [4.78, 5) is 11.9. The maximum atomic E-state index is 12.1. The van der Waals surface area contributed by atoms with Crippen LogP contribution in [0.1, 0.15) is 36.0 Å². The first kappa shape index (κ1) is 15.7. The number of rotatable bonds is 6. The highest BCUT2D eigenvalue weighted by molar-refractivity contribution is 5.94. The molecule has 1 amide bonds. The molecule has 2 rings (SSSR count). The Labute approximate surface area is 122 Å². The highest BCUT2D eigenvalue weighted by atomic mass is 19.3. The Kier molecular flexibility index (Phi) is 5.92. The predicted octanol–water partition coefficient (Wildman–Crippen LogP) is 2.98. The molecule has 116 valence electrons. The third kappa shape index (κ3) is 5.30. The number of carbonyl (C=O) groups excluding carboxylic acids is 1. The van der Waals surface area contributed by atoms with Crippen LogP contribution in [0.3, 0.4) is 0 Å². The fraction of sp³-hybridized carbons (Fsp3) is 0.533. The summed E-state index contributed by atoms with van der Waals surface area (Å²) in [6.45, 7) is -1.61. The molecule has 0 spiro atoms. The first-order valence-electron chi connectivity index (χ1n) is 7.10. The molecule has 1 fully saturated rings. The molecule has 21 heavy (non-hydrogen) atoms. The first-order valence-corrected chi connectivity index (χ1v) is 7.10. The molecule has 1 N–H and O–H groups in total. The standard InChI is InChI=1S/C15H19F2NO3/c16-15(17)21-13-6-3-4-11(10-13)14(19)18-8-7-12-5-1-2-9-20-12/h3-4,6,10,12,15H,1-2,5,7-9H2,(H,18,19)/t12-/m1/s1. The third-order valence-electron chi connectivity index (χ3n) is 3.35. The van der Waals surface area contributed by atoms with Gasteiger partial charge >= 0.3 is 6.61 Å². The van der Waals surface area contributed by atoms with Crippen LogP contribution >= 0.6 is 0 Å². The zero-order valence-corrected chi connectivity index (χ0v) is 11.7. The molecule has 0 aromatic heterocycles. The summed E-state index contributed by atoms with van der Waals surface area (Å²) >= 11 is 0. The zero-order chi connectivity index (χ0) is 15.1. The number of hydrogen-bond acceptors (Lipinski definition) is 3. The number of nitrogens with one attached hydrogen (secondary N) is 1. The molecule has 0 saturated carbocycles. The normalized spacial score (nSPS) is 18.5. The van der Waals surface area contributed by atoms with E-state index in [0.29, 0.717) is 12.1 Å². The molecule has 0 aliphatic carbocycles. The van der Waals surface area contributed by atoms with E-state index < -0.39 is 6.61 Å². The van der Waals surface area contributed by atoms with Gasteiger partial charge in [-0.2, -0.15) is 8.78 Å². The van der Waals surface area contributed by atoms with E-state index in [1.807, 2.05) is 0 Å². The lowest BCUT2D eigenvalue weighted by molar-refractivity contribution is -0.0498. The Morgan fingerprint density at radius 2 is 2.29 bits per heavy atom. The van der Waals surface area contributed by atoms with Gasteiger partial charge in [0.25, 0.3) is 5.91 Å². The van der Waals surface area contributed by atoms with Gasteiger partial charge < -0.3 is 14.8 Å². The number of hydrogen-bond donors (Lipinski definition) is 1. The molecular weight excluding hydrogens is 280 g/mol. The molecule has 0 unspecified atom stereocenters. The van der Waals surface area contributed by atoms with E-state index in [-0.39, 0.29) is 17.8 Å². The van der Waals surface area contributed by atoms with Crippen molar-refractivity contribution in [1.82, 2.24) is 5.32 Å². The number of amides is 1. The lowest BCUT2D eigenvalue weighted by atomic mass is 10.1. The van der Waals surface area contributed by atoms with Crippen molar-refractivity contribution in [3.05, 3.63) is 29.8 Å². The molecule has 4 nitrogen and oxygen atoms in total. The van der Waals surface area contributed by atoms with Crippen molar-refractivity contribution in [2.75, 3.05) is 13.2 Å². The lowest BCUT2D eigenvalue weighted by Crippen LogP contribution is -2.29. The van der Waals surface area contributed by atoms with Gasteiger partial charge in [0.15, 0.2) is 0 Å². The first-order chi connectivity index (χ1) is 10.1. The summed E-state index contributed by atoms with van der Waals surface area (Å²) in [6.07, 6.45) is 4.24. The molecule has 1 heterocycles. The monoisotopic (exact) mass is 299 g/mol. The van der Waals surface area contributed by atoms with E-state index in [1.54, 1.807) is 6.07 Å². The third-order valence-corrected chi connectivity index (χ3v) is 3.35. The van der Waals surface area contributed by atoms with Gasteiger partial charge in [-0.1, -0.05) is 6.07 Å². The number of halogens is 2. The van der Waals surface area contributed by atoms with Crippen LogP contribution in [0.25, 0.3) is 0 Å². The van der Waals surface area contributed by atoms with Crippen molar-refractivity contribution >= 4 is 5.91 Å². The molecule has 1 aliphatic heterocycles. The molecule has 0 bridgehead atoms. The van der Waals surface area contributed by atoms with Crippen molar-refractivity contribution in [2.24, 2.45) is 0 Å². The van der Waals surface area contributed by atoms with Crippen molar-refractivity contribution in [1.29, 1.82) is 0 Å². The zero-order valence-electron chi connectivity index (χ0n) is 11.7. The van der Waals surface area contributed by atoms with Gasteiger partial charge in [0.05, 0.1) is 6.10 Å². The summed E-state index contributed by atoms with van der Waals surface area (Å²) in [5.41, 5.74) is 0.303. The van der Waals surface area contributed by atoms with Crippen LogP contribution in [0, 0.1) is 0 Å². The van der Waals surface area contributed by atoms with E-state index >= 15 is 0 Å². The molecule has 0 radical (unpaired) electrons. The van der Waals surface area contributed by atoms with E-state index in [0.717, 1.165) is 32.3 Å². The number of carbonyl (C=O) groups is 1. The van der Waals surface area contributed by atoms with E-state index in [9.17, 15) is 13.6 Å². The maximum absolute atomic E-state index is 12.1. The van der Waals surface area contributed by atoms with E-state index in [1.165, 1.54) is 18.2 Å². The maximum Gasteiger partial charge on any atom is 0.387 e. The number of alkyl halides is 2. The largest absolute Gasteiger partial charge is 0.435 e. The van der Waals surface area contributed by atoms with E-state index in [4.69, 9.17) is 4.74 Å². The van der Waals surface area contributed by atoms with E-state index in [2.05, 4.69) is 10.1 Å². The van der Waals surface area contributed by atoms with Crippen LogP contribution in [-0.2, 0) is 4.74 Å². The second-order valence-electron chi connectivity index (χ2n) is 4.94. The Balaban J connectivity index is 1.79. The number of ether oxygens (including phenoxy) is 2. The van der Waals surface area contributed by atoms with Gasteiger partial charge in [0, 0.05) is 18.7 Å². The van der Waals surface area contributed by atoms with Gasteiger partial charge in [-0.15, -0.1) is 0 Å². The van der Waals surface area contributed by atoms with Crippen molar-refractivity contribution in [3.63, 3.8) is 0 Å². The topological polar surface area (TPSA) is 47.6 Å². The SMILES string of the molecule is O=C(NCC[C@H]1CCCCO1)c1cccc(OC(F)F)c1. The molecule has 1 aromatic rings. The fourth-order valence-corrected chi connectivity index (χ4v) is 2.30. The minimum atomic E-state index is -2.90. The average Bonchev–Trinajstić information content (AvgIpc) is 2.48. The second kappa shape index (κ2) is 7.93. The second-order valence-corrected chi connectivity index (χ2v) is 4.94. The Morgan fingerprint density at radius 1 is 1.43 bits per heavy atom.